The van der Waals surface area contributed by atoms with E-state index in [-0.39, 0.29) is 19.0 Å². The van der Waals surface area contributed by atoms with Gasteiger partial charge in [-0.1, -0.05) is 29.8 Å². The summed E-state index contributed by atoms with van der Waals surface area (Å²) in [5.41, 5.74) is 2.12. The third-order valence-electron chi connectivity index (χ3n) is 3.07. The number of aryl methyl sites for hydroxylation is 1. The van der Waals surface area contributed by atoms with Crippen molar-refractivity contribution in [2.45, 2.75) is 19.1 Å². The van der Waals surface area contributed by atoms with E-state index in [1.54, 1.807) is 6.08 Å². The van der Waals surface area contributed by atoms with Gasteiger partial charge < -0.3 is 15.1 Å². The molecule has 1 saturated heterocycles. The summed E-state index contributed by atoms with van der Waals surface area (Å²) >= 11 is 0. The Hall–Kier alpha value is -1.65. The third kappa shape index (κ3) is 2.97. The molecule has 18 heavy (non-hydrogen) atoms. The maximum absolute atomic E-state index is 11.8. The lowest BCUT2D eigenvalue weighted by Gasteiger charge is -2.11. The molecule has 2 rings (SSSR count). The zero-order chi connectivity index (χ0) is 13.1. The number of hydrogen-bond donors (Lipinski definition) is 2. The van der Waals surface area contributed by atoms with Crippen molar-refractivity contribution in [1.29, 1.82) is 0 Å². The Bertz CT molecular complexity index is 443. The highest BCUT2D eigenvalue weighted by Crippen LogP contribution is 2.11. The van der Waals surface area contributed by atoms with Crippen LogP contribution >= 0.6 is 0 Å². The maximum atomic E-state index is 11.8. The number of hydrogen-bond acceptors (Lipinski definition) is 3. The highest BCUT2D eigenvalue weighted by molar-refractivity contribution is 5.92. The van der Waals surface area contributed by atoms with Crippen molar-refractivity contribution in [2.75, 3.05) is 13.1 Å². The molecule has 0 aromatic heterocycles. The Labute approximate surface area is 106 Å². The van der Waals surface area contributed by atoms with Crippen LogP contribution in [0.3, 0.4) is 0 Å². The number of likely N-dealkylation sites (tertiary alicyclic amines) is 1. The van der Waals surface area contributed by atoms with Crippen molar-refractivity contribution in [3.8, 4) is 0 Å². The standard InChI is InChI=1S/C14H17NO3/c1-10-2-4-11(5-3-10)6-7-14(18)15-8-12(16)13(17)9-15/h2-7,12-13,16-17H,8-9H2,1H3/t12-,13+. The quantitative estimate of drug-likeness (QED) is 0.751. The van der Waals surface area contributed by atoms with E-state index in [4.69, 9.17) is 0 Å². The fourth-order valence-corrected chi connectivity index (χ4v) is 1.90. The first-order chi connectivity index (χ1) is 8.56. The Morgan fingerprint density at radius 2 is 1.78 bits per heavy atom. The van der Waals surface area contributed by atoms with Crippen molar-refractivity contribution in [2.24, 2.45) is 0 Å². The van der Waals surface area contributed by atoms with Crippen LogP contribution in [0.2, 0.25) is 0 Å². The van der Waals surface area contributed by atoms with Crippen LogP contribution in [0, 0.1) is 6.92 Å². The number of β-amino-alcohol motifs (C(OH)–C–C–N with tert-alkyl or cyclic N) is 2. The molecule has 0 bridgehead atoms. The highest BCUT2D eigenvalue weighted by Gasteiger charge is 2.31. The zero-order valence-corrected chi connectivity index (χ0v) is 10.3. The maximum Gasteiger partial charge on any atom is 0.246 e. The summed E-state index contributed by atoms with van der Waals surface area (Å²) in [6.07, 6.45) is 1.54. The van der Waals surface area contributed by atoms with Crippen molar-refractivity contribution < 1.29 is 15.0 Å². The van der Waals surface area contributed by atoms with Crippen LogP contribution in [0.5, 0.6) is 0 Å². The van der Waals surface area contributed by atoms with Gasteiger partial charge in [0.15, 0.2) is 0 Å². The van der Waals surface area contributed by atoms with E-state index in [1.165, 1.54) is 16.5 Å². The van der Waals surface area contributed by atoms with E-state index >= 15 is 0 Å². The first-order valence-electron chi connectivity index (χ1n) is 5.96. The van der Waals surface area contributed by atoms with Gasteiger partial charge in [0.25, 0.3) is 0 Å². The van der Waals surface area contributed by atoms with Gasteiger partial charge in [0, 0.05) is 19.2 Å². The minimum atomic E-state index is -0.832. The van der Waals surface area contributed by atoms with Crippen LogP contribution in [-0.4, -0.2) is 46.3 Å². The average Bonchev–Trinajstić information content (AvgIpc) is 2.69. The molecule has 1 heterocycles. The average molecular weight is 247 g/mol. The van der Waals surface area contributed by atoms with Crippen LogP contribution in [-0.2, 0) is 4.79 Å². The Morgan fingerprint density at radius 1 is 1.22 bits per heavy atom. The normalized spacial score (nSPS) is 23.8. The van der Waals surface area contributed by atoms with Crippen LogP contribution in [0.25, 0.3) is 6.08 Å². The zero-order valence-electron chi connectivity index (χ0n) is 10.3. The summed E-state index contributed by atoms with van der Waals surface area (Å²) in [6.45, 7) is 2.39. The Balaban J connectivity index is 1.97. The van der Waals surface area contributed by atoms with Crippen LogP contribution in [0.15, 0.2) is 30.3 Å². The van der Waals surface area contributed by atoms with E-state index in [1.807, 2.05) is 31.2 Å². The number of benzene rings is 1. The summed E-state index contributed by atoms with van der Waals surface area (Å²) in [7, 11) is 0. The van der Waals surface area contributed by atoms with Crippen LogP contribution in [0.1, 0.15) is 11.1 Å². The highest BCUT2D eigenvalue weighted by atomic mass is 16.3. The Kier molecular flexibility index (Phi) is 3.79. The number of carbonyl (C=O) groups is 1. The molecule has 96 valence electrons. The van der Waals surface area contributed by atoms with E-state index in [0.717, 1.165) is 5.56 Å². The fraction of sp³-hybridized carbons (Fsp3) is 0.357. The molecule has 1 aliphatic heterocycles. The monoisotopic (exact) mass is 247 g/mol. The molecule has 0 spiro atoms. The first kappa shape index (κ1) is 12.8. The number of carbonyl (C=O) groups excluding carboxylic acids is 1. The van der Waals surface area contributed by atoms with Crippen LogP contribution in [0.4, 0.5) is 0 Å². The molecule has 2 atom stereocenters. The van der Waals surface area contributed by atoms with Crippen molar-refractivity contribution in [1.82, 2.24) is 4.90 Å². The lowest BCUT2D eigenvalue weighted by molar-refractivity contribution is -0.125. The molecular weight excluding hydrogens is 230 g/mol. The van der Waals surface area contributed by atoms with Crippen molar-refractivity contribution >= 4 is 12.0 Å². The largest absolute Gasteiger partial charge is 0.388 e. The predicted molar refractivity (Wildman–Crippen MR) is 68.8 cm³/mol. The predicted octanol–water partition coefficient (Wildman–Crippen LogP) is 0.572. The molecule has 4 heteroatoms. The van der Waals surface area contributed by atoms with E-state index in [0.29, 0.717) is 0 Å². The third-order valence-corrected chi connectivity index (χ3v) is 3.07. The van der Waals surface area contributed by atoms with Gasteiger partial charge in [0.2, 0.25) is 5.91 Å². The summed E-state index contributed by atoms with van der Waals surface area (Å²) in [5, 5.41) is 18.7. The molecule has 2 N–H and O–H groups in total. The summed E-state index contributed by atoms with van der Waals surface area (Å²) in [4.78, 5) is 13.2. The van der Waals surface area contributed by atoms with Gasteiger partial charge >= 0.3 is 0 Å². The number of aliphatic hydroxyl groups is 2. The summed E-state index contributed by atoms with van der Waals surface area (Å²) in [5.74, 6) is -0.189. The van der Waals surface area contributed by atoms with E-state index in [2.05, 4.69) is 0 Å². The van der Waals surface area contributed by atoms with Gasteiger partial charge in [-0.15, -0.1) is 0 Å². The SMILES string of the molecule is Cc1ccc(C=CC(=O)N2C[C@@H](O)[C@@H](O)C2)cc1. The second-order valence-electron chi connectivity index (χ2n) is 4.62. The van der Waals surface area contributed by atoms with E-state index in [9.17, 15) is 15.0 Å². The summed E-state index contributed by atoms with van der Waals surface area (Å²) < 4.78 is 0. The Morgan fingerprint density at radius 3 is 2.33 bits per heavy atom. The number of nitrogens with zero attached hydrogens (tertiary/aromatic N) is 1. The molecule has 1 amide bonds. The van der Waals surface area contributed by atoms with Crippen molar-refractivity contribution in [3.05, 3.63) is 41.5 Å². The molecule has 0 radical (unpaired) electrons. The lowest BCUT2D eigenvalue weighted by atomic mass is 10.1. The molecule has 0 aliphatic carbocycles. The van der Waals surface area contributed by atoms with Gasteiger partial charge in [-0.3, -0.25) is 4.79 Å². The minimum Gasteiger partial charge on any atom is -0.388 e. The van der Waals surface area contributed by atoms with Gasteiger partial charge in [0.05, 0.1) is 12.2 Å². The van der Waals surface area contributed by atoms with Crippen molar-refractivity contribution in [3.63, 3.8) is 0 Å². The van der Waals surface area contributed by atoms with Gasteiger partial charge in [-0.05, 0) is 18.6 Å². The molecule has 0 saturated carbocycles. The molecular formula is C14H17NO3. The van der Waals surface area contributed by atoms with Crippen LogP contribution < -0.4 is 0 Å². The van der Waals surface area contributed by atoms with E-state index < -0.39 is 12.2 Å². The number of aliphatic hydroxyl groups excluding tert-OH is 2. The minimum absolute atomic E-state index is 0.189. The molecule has 4 nitrogen and oxygen atoms in total. The lowest BCUT2D eigenvalue weighted by Crippen LogP contribution is -2.27. The second-order valence-corrected chi connectivity index (χ2v) is 4.62. The van der Waals surface area contributed by atoms with Gasteiger partial charge in [-0.2, -0.15) is 0 Å². The summed E-state index contributed by atoms with van der Waals surface area (Å²) in [6, 6.07) is 7.83. The smallest absolute Gasteiger partial charge is 0.246 e. The van der Waals surface area contributed by atoms with Gasteiger partial charge in [-0.25, -0.2) is 0 Å². The molecule has 1 aromatic rings. The number of amides is 1. The fourth-order valence-electron chi connectivity index (χ4n) is 1.90. The molecule has 1 fully saturated rings. The molecule has 0 unspecified atom stereocenters. The molecule has 1 aromatic carbocycles. The molecule has 1 aliphatic rings. The number of rotatable bonds is 2. The topological polar surface area (TPSA) is 60.8 Å². The second kappa shape index (κ2) is 5.33. The first-order valence-corrected chi connectivity index (χ1v) is 5.96. The van der Waals surface area contributed by atoms with Gasteiger partial charge in [0.1, 0.15) is 0 Å².